The molecule has 0 unspecified atom stereocenters. The van der Waals surface area contributed by atoms with Gasteiger partial charge in [-0.15, -0.1) is 0 Å². The van der Waals surface area contributed by atoms with Gasteiger partial charge in [-0.25, -0.2) is 9.37 Å². The second-order valence-corrected chi connectivity index (χ2v) is 11.6. The number of carbonyl (C=O) groups is 3. The van der Waals surface area contributed by atoms with Crippen LogP contribution in [0.25, 0.3) is 11.3 Å². The van der Waals surface area contributed by atoms with Gasteiger partial charge in [-0.2, -0.15) is 4.39 Å². The Labute approximate surface area is 264 Å². The number of carbonyl (C=O) groups excluding carboxylic acids is 3. The molecular weight excluding hydrogens is 610 g/mol. The first-order valence-electron chi connectivity index (χ1n) is 14.7. The van der Waals surface area contributed by atoms with Gasteiger partial charge < -0.3 is 34.8 Å². The number of rotatable bonds is 8. The normalized spacial score (nSPS) is 16.4. The summed E-state index contributed by atoms with van der Waals surface area (Å²) in [6.45, 7) is 4.52. The summed E-state index contributed by atoms with van der Waals surface area (Å²) in [4.78, 5) is 46.4. The monoisotopic (exact) mass is 644 g/mol. The lowest BCUT2D eigenvalue weighted by atomic mass is 9.88. The highest BCUT2D eigenvalue weighted by Gasteiger charge is 2.35. The molecule has 0 atom stereocenters. The Bertz CT molecular complexity index is 1600. The highest BCUT2D eigenvalue weighted by molar-refractivity contribution is 6.34. The first-order chi connectivity index (χ1) is 21.5. The van der Waals surface area contributed by atoms with Crippen molar-refractivity contribution in [1.29, 1.82) is 0 Å². The van der Waals surface area contributed by atoms with Gasteiger partial charge in [-0.1, -0.05) is 11.6 Å². The van der Waals surface area contributed by atoms with Crippen molar-refractivity contribution in [1.82, 2.24) is 24.7 Å². The molecule has 11 nitrogen and oxygen atoms in total. The number of piperazine rings is 1. The molecule has 2 aliphatic heterocycles. The Kier molecular flexibility index (Phi) is 9.70. The van der Waals surface area contributed by atoms with Gasteiger partial charge in [0.15, 0.2) is 17.4 Å². The number of anilines is 1. The number of hydrogen-bond acceptors (Lipinski definition) is 7. The fraction of sp³-hybridized carbons (Fsp3) is 0.419. The number of nitrogens with one attached hydrogen (secondary N) is 2. The minimum Gasteiger partial charge on any atom is -0.491 e. The number of halogens is 3. The first-order valence-corrected chi connectivity index (χ1v) is 15.1. The van der Waals surface area contributed by atoms with Crippen LogP contribution in [0.3, 0.4) is 0 Å². The summed E-state index contributed by atoms with van der Waals surface area (Å²) in [6, 6.07) is 7.15. The average Bonchev–Trinajstić information content (AvgIpc) is 3.40. The molecule has 45 heavy (non-hydrogen) atoms. The highest BCUT2D eigenvalue weighted by Crippen LogP contribution is 2.31. The fourth-order valence-electron chi connectivity index (χ4n) is 5.61. The van der Waals surface area contributed by atoms with E-state index in [-0.39, 0.29) is 58.3 Å². The van der Waals surface area contributed by atoms with Gasteiger partial charge in [0, 0.05) is 44.5 Å². The molecular formula is C31H35ClF2N6O5. The van der Waals surface area contributed by atoms with E-state index in [0.717, 1.165) is 0 Å². The van der Waals surface area contributed by atoms with Crippen molar-refractivity contribution >= 4 is 35.0 Å². The van der Waals surface area contributed by atoms with Crippen LogP contribution in [0.2, 0.25) is 5.02 Å². The van der Waals surface area contributed by atoms with Crippen molar-refractivity contribution in [3.63, 3.8) is 0 Å². The number of piperidine rings is 1. The van der Waals surface area contributed by atoms with Crippen molar-refractivity contribution < 1.29 is 33.0 Å². The third kappa shape index (κ3) is 6.95. The van der Waals surface area contributed by atoms with Gasteiger partial charge in [-0.05, 0) is 63.2 Å². The Morgan fingerprint density at radius 1 is 1.07 bits per heavy atom. The Balaban J connectivity index is 1.20. The maximum atomic E-state index is 14.8. The molecule has 2 fully saturated rings. The van der Waals surface area contributed by atoms with E-state index in [4.69, 9.17) is 16.3 Å². The number of benzene rings is 2. The van der Waals surface area contributed by atoms with Crippen LogP contribution in [0.1, 0.15) is 47.2 Å². The third-order valence-corrected chi connectivity index (χ3v) is 8.52. The first kappa shape index (κ1) is 32.3. The molecule has 0 aliphatic carbocycles. The Morgan fingerprint density at radius 2 is 1.76 bits per heavy atom. The third-order valence-electron chi connectivity index (χ3n) is 8.21. The van der Waals surface area contributed by atoms with Crippen LogP contribution in [0.15, 0.2) is 36.5 Å². The number of hydrogen-bond donors (Lipinski definition) is 3. The van der Waals surface area contributed by atoms with Crippen LogP contribution in [-0.2, 0) is 11.8 Å². The molecule has 5 rings (SSSR count). The second-order valence-electron chi connectivity index (χ2n) is 11.2. The van der Waals surface area contributed by atoms with Crippen LogP contribution >= 0.6 is 11.6 Å². The van der Waals surface area contributed by atoms with E-state index >= 15 is 0 Å². The zero-order chi connectivity index (χ0) is 32.3. The lowest BCUT2D eigenvalue weighted by Gasteiger charge is -2.38. The lowest BCUT2D eigenvalue weighted by Crippen LogP contribution is -2.53. The van der Waals surface area contributed by atoms with Crippen molar-refractivity contribution in [2.75, 3.05) is 51.2 Å². The van der Waals surface area contributed by atoms with Gasteiger partial charge in [0.05, 0.1) is 41.1 Å². The lowest BCUT2D eigenvalue weighted by molar-refractivity contribution is -0.139. The van der Waals surface area contributed by atoms with E-state index in [2.05, 4.69) is 15.6 Å². The number of imidazole rings is 1. The van der Waals surface area contributed by atoms with E-state index in [1.165, 1.54) is 48.1 Å². The summed E-state index contributed by atoms with van der Waals surface area (Å²) in [6.07, 6.45) is 2.39. The molecule has 2 aliphatic rings. The zero-order valence-corrected chi connectivity index (χ0v) is 25.8. The predicted octanol–water partition coefficient (Wildman–Crippen LogP) is 3.46. The molecule has 3 N–H and O–H groups in total. The molecule has 0 saturated carbocycles. The fourth-order valence-corrected chi connectivity index (χ4v) is 5.87. The zero-order valence-electron chi connectivity index (χ0n) is 25.0. The largest absolute Gasteiger partial charge is 0.491 e. The summed E-state index contributed by atoms with van der Waals surface area (Å²) in [5.41, 5.74) is -0.351. The summed E-state index contributed by atoms with van der Waals surface area (Å²) < 4.78 is 35.6. The van der Waals surface area contributed by atoms with Crippen LogP contribution in [0, 0.1) is 11.6 Å². The van der Waals surface area contributed by atoms with Crippen molar-refractivity contribution in [2.24, 2.45) is 7.05 Å². The molecule has 2 aromatic carbocycles. The SMILES string of the molecule is CCOc1ccc(-c2cnc(C(=O)Nc3ccc(C(=O)N4CCN(C(=O)CC5(O)CCNCC5)CC4)c(Cl)c3)n2C)c(F)c1F. The van der Waals surface area contributed by atoms with E-state index in [1.54, 1.807) is 16.7 Å². The second kappa shape index (κ2) is 13.5. The van der Waals surface area contributed by atoms with E-state index in [9.17, 15) is 28.3 Å². The number of aliphatic hydroxyl groups is 1. The molecule has 3 aromatic rings. The van der Waals surface area contributed by atoms with Gasteiger partial charge in [-0.3, -0.25) is 14.4 Å². The predicted molar refractivity (Wildman–Crippen MR) is 163 cm³/mol. The molecule has 3 amide bonds. The van der Waals surface area contributed by atoms with E-state index < -0.39 is 23.1 Å². The van der Waals surface area contributed by atoms with E-state index in [1.807, 2.05) is 0 Å². The molecule has 0 spiro atoms. The van der Waals surface area contributed by atoms with Crippen molar-refractivity contribution in [3.05, 3.63) is 64.6 Å². The van der Waals surface area contributed by atoms with Crippen LogP contribution in [0.5, 0.6) is 5.75 Å². The molecule has 240 valence electrons. The van der Waals surface area contributed by atoms with Gasteiger partial charge in [0.1, 0.15) is 0 Å². The standard InChI is InChI=1S/C31H35ClF2N6O5/c1-3-45-24-7-6-21(26(33)27(24)34)23-18-36-28(38(23)2)29(42)37-19-4-5-20(22(32)16-19)30(43)40-14-12-39(13-15-40)25(41)17-31(44)8-10-35-11-9-31/h4-7,16,18,35,44H,3,8-15,17H2,1-2H3,(H,37,42). The maximum absolute atomic E-state index is 14.8. The van der Waals surface area contributed by atoms with Gasteiger partial charge in [0.25, 0.3) is 11.8 Å². The number of amides is 3. The number of aromatic nitrogens is 2. The van der Waals surface area contributed by atoms with Crippen molar-refractivity contribution in [3.8, 4) is 17.0 Å². The van der Waals surface area contributed by atoms with Crippen molar-refractivity contribution in [2.45, 2.75) is 31.8 Å². The maximum Gasteiger partial charge on any atom is 0.291 e. The number of ether oxygens (including phenoxy) is 1. The van der Waals surface area contributed by atoms with Gasteiger partial charge >= 0.3 is 0 Å². The summed E-state index contributed by atoms with van der Waals surface area (Å²) >= 11 is 6.45. The molecule has 0 bridgehead atoms. The Hall–Kier alpha value is -4.07. The van der Waals surface area contributed by atoms with Crippen LogP contribution in [0.4, 0.5) is 14.5 Å². The quantitative estimate of drug-likeness (QED) is 0.343. The average molecular weight is 645 g/mol. The molecule has 3 heterocycles. The van der Waals surface area contributed by atoms with Gasteiger partial charge in [0.2, 0.25) is 11.7 Å². The van der Waals surface area contributed by atoms with Crippen LogP contribution < -0.4 is 15.4 Å². The topological polar surface area (TPSA) is 129 Å². The van der Waals surface area contributed by atoms with Crippen LogP contribution in [-0.4, -0.2) is 93.7 Å². The smallest absolute Gasteiger partial charge is 0.291 e. The molecule has 2 saturated heterocycles. The minimum atomic E-state index is -1.13. The molecule has 14 heteroatoms. The highest BCUT2D eigenvalue weighted by atomic mass is 35.5. The minimum absolute atomic E-state index is 0.0605. The molecule has 1 aromatic heterocycles. The summed E-state index contributed by atoms with van der Waals surface area (Å²) in [5, 5.41) is 16.7. The van der Waals surface area contributed by atoms with E-state index in [0.29, 0.717) is 57.8 Å². The Morgan fingerprint density at radius 3 is 2.42 bits per heavy atom. The molecule has 0 radical (unpaired) electrons. The number of nitrogens with zero attached hydrogens (tertiary/aromatic N) is 4. The summed E-state index contributed by atoms with van der Waals surface area (Å²) in [5.74, 6) is -3.57. The summed E-state index contributed by atoms with van der Waals surface area (Å²) in [7, 11) is 1.50.